The summed E-state index contributed by atoms with van der Waals surface area (Å²) in [5, 5.41) is 2.84. The van der Waals surface area contributed by atoms with E-state index in [0.29, 0.717) is 6.61 Å². The van der Waals surface area contributed by atoms with Gasteiger partial charge >= 0.3 is 6.09 Å². The number of alkyl carbamates (subject to hydrolysis) is 1. The van der Waals surface area contributed by atoms with Gasteiger partial charge in [0.15, 0.2) is 0 Å². The molecule has 0 aliphatic rings. The van der Waals surface area contributed by atoms with Gasteiger partial charge in [0, 0.05) is 6.04 Å². The molecule has 0 fully saturated rings. The van der Waals surface area contributed by atoms with Crippen molar-refractivity contribution in [3.05, 3.63) is 0 Å². The Morgan fingerprint density at radius 1 is 1.27 bits per heavy atom. The largest absolute Gasteiger partial charge is 0.450 e. The molecule has 0 saturated heterocycles. The number of amides is 1. The van der Waals surface area contributed by atoms with Crippen molar-refractivity contribution in [3.63, 3.8) is 0 Å². The monoisotopic (exact) mass is 215 g/mol. The van der Waals surface area contributed by atoms with E-state index in [1.165, 1.54) is 0 Å². The molecule has 0 aliphatic heterocycles. The summed E-state index contributed by atoms with van der Waals surface area (Å²) >= 11 is 0. The normalized spacial score (nSPS) is 11.6. The number of carbonyl (C=O) groups is 1. The molecule has 0 aliphatic carbocycles. The zero-order valence-corrected chi connectivity index (χ0v) is 10.7. The fourth-order valence-electron chi connectivity index (χ4n) is 1.15. The van der Waals surface area contributed by atoms with Crippen molar-refractivity contribution < 1.29 is 9.53 Å². The van der Waals surface area contributed by atoms with Crippen molar-refractivity contribution in [2.75, 3.05) is 6.61 Å². The second-order valence-electron chi connectivity index (χ2n) is 5.10. The lowest BCUT2D eigenvalue weighted by atomic mass is 9.93. The molecule has 0 aromatic rings. The molecule has 0 unspecified atom stereocenters. The maximum Gasteiger partial charge on any atom is 0.407 e. The molecule has 0 bridgehead atoms. The lowest BCUT2D eigenvalue weighted by Crippen LogP contribution is -2.34. The molecule has 0 radical (unpaired) electrons. The molecule has 0 aromatic heterocycles. The zero-order chi connectivity index (χ0) is 11.9. The highest BCUT2D eigenvalue weighted by molar-refractivity contribution is 5.67. The molecular formula is C12H25NO2. The Balaban J connectivity index is 3.66. The summed E-state index contributed by atoms with van der Waals surface area (Å²) in [4.78, 5) is 11.3. The van der Waals surface area contributed by atoms with Crippen LogP contribution in [0.25, 0.3) is 0 Å². The number of ether oxygens (including phenoxy) is 1. The Morgan fingerprint density at radius 2 is 1.80 bits per heavy atom. The van der Waals surface area contributed by atoms with Crippen LogP contribution in [0.5, 0.6) is 0 Å². The molecule has 0 aromatic carbocycles. The molecule has 0 spiro atoms. The highest BCUT2D eigenvalue weighted by Crippen LogP contribution is 2.17. The van der Waals surface area contributed by atoms with E-state index in [1.54, 1.807) is 0 Å². The van der Waals surface area contributed by atoms with Gasteiger partial charge in [0.25, 0.3) is 0 Å². The van der Waals surface area contributed by atoms with E-state index in [2.05, 4.69) is 39.9 Å². The number of rotatable bonds is 5. The molecule has 3 nitrogen and oxygen atoms in total. The number of hydrogen-bond acceptors (Lipinski definition) is 2. The maximum atomic E-state index is 11.3. The Labute approximate surface area is 93.6 Å². The topological polar surface area (TPSA) is 38.3 Å². The molecule has 0 atom stereocenters. The van der Waals surface area contributed by atoms with E-state index in [4.69, 9.17) is 4.74 Å². The van der Waals surface area contributed by atoms with Gasteiger partial charge in [-0.25, -0.2) is 4.79 Å². The van der Waals surface area contributed by atoms with E-state index in [0.717, 1.165) is 19.3 Å². The summed E-state index contributed by atoms with van der Waals surface area (Å²) in [6, 6.07) is 0.243. The first kappa shape index (κ1) is 14.3. The first-order valence-electron chi connectivity index (χ1n) is 5.82. The standard InChI is InChI=1S/C12H25NO2/c1-6-10(7-2)13-11(14)15-9-8-12(3,4)5/h10H,6-9H2,1-5H3,(H,13,14). The van der Waals surface area contributed by atoms with Crippen molar-refractivity contribution in [3.8, 4) is 0 Å². The van der Waals surface area contributed by atoms with Crippen molar-refractivity contribution in [2.45, 2.75) is 59.9 Å². The highest BCUT2D eigenvalue weighted by Gasteiger charge is 2.13. The molecule has 0 saturated carbocycles. The first-order valence-corrected chi connectivity index (χ1v) is 5.82. The number of carbonyl (C=O) groups excluding carboxylic acids is 1. The highest BCUT2D eigenvalue weighted by atomic mass is 16.5. The van der Waals surface area contributed by atoms with Gasteiger partial charge in [-0.2, -0.15) is 0 Å². The summed E-state index contributed by atoms with van der Waals surface area (Å²) in [5.41, 5.74) is 0.217. The van der Waals surface area contributed by atoms with Gasteiger partial charge in [0.05, 0.1) is 6.61 Å². The van der Waals surface area contributed by atoms with E-state index in [1.807, 2.05) is 0 Å². The Kier molecular flexibility index (Phi) is 6.37. The minimum atomic E-state index is -0.284. The summed E-state index contributed by atoms with van der Waals surface area (Å²) < 4.78 is 5.10. The van der Waals surface area contributed by atoms with Gasteiger partial charge in [-0.05, 0) is 24.7 Å². The summed E-state index contributed by atoms with van der Waals surface area (Å²) in [5.74, 6) is 0. The quantitative estimate of drug-likeness (QED) is 0.764. The third kappa shape index (κ3) is 8.28. The second kappa shape index (κ2) is 6.70. The Morgan fingerprint density at radius 3 is 2.20 bits per heavy atom. The van der Waals surface area contributed by atoms with E-state index in [9.17, 15) is 4.79 Å². The predicted molar refractivity (Wildman–Crippen MR) is 62.9 cm³/mol. The van der Waals surface area contributed by atoms with E-state index < -0.39 is 0 Å². The van der Waals surface area contributed by atoms with Crippen LogP contribution in [-0.4, -0.2) is 18.7 Å². The van der Waals surface area contributed by atoms with E-state index >= 15 is 0 Å². The van der Waals surface area contributed by atoms with Crippen molar-refractivity contribution in [1.82, 2.24) is 5.32 Å². The third-order valence-electron chi connectivity index (χ3n) is 2.39. The van der Waals surface area contributed by atoms with Crippen molar-refractivity contribution in [1.29, 1.82) is 0 Å². The van der Waals surface area contributed by atoms with Crippen molar-refractivity contribution >= 4 is 6.09 Å². The third-order valence-corrected chi connectivity index (χ3v) is 2.39. The minimum Gasteiger partial charge on any atom is -0.450 e. The molecular weight excluding hydrogens is 190 g/mol. The van der Waals surface area contributed by atoms with Crippen molar-refractivity contribution in [2.24, 2.45) is 5.41 Å². The van der Waals surface area contributed by atoms with Gasteiger partial charge in [0.1, 0.15) is 0 Å². The number of nitrogens with one attached hydrogen (secondary N) is 1. The van der Waals surface area contributed by atoms with Gasteiger partial charge in [-0.15, -0.1) is 0 Å². The van der Waals surface area contributed by atoms with Gasteiger partial charge in [-0.3, -0.25) is 0 Å². The van der Waals surface area contributed by atoms with Crippen LogP contribution in [-0.2, 0) is 4.74 Å². The summed E-state index contributed by atoms with van der Waals surface area (Å²) in [6.07, 6.45) is 2.51. The maximum absolute atomic E-state index is 11.3. The average Bonchev–Trinajstić information content (AvgIpc) is 2.12. The molecule has 1 amide bonds. The fraction of sp³-hybridized carbons (Fsp3) is 0.917. The minimum absolute atomic E-state index is 0.217. The molecule has 0 heterocycles. The Hall–Kier alpha value is -0.730. The second-order valence-corrected chi connectivity index (χ2v) is 5.10. The van der Waals surface area contributed by atoms with Crippen LogP contribution >= 0.6 is 0 Å². The first-order chi connectivity index (χ1) is 6.89. The molecule has 3 heteroatoms. The zero-order valence-electron chi connectivity index (χ0n) is 10.7. The lowest BCUT2D eigenvalue weighted by molar-refractivity contribution is 0.127. The van der Waals surface area contributed by atoms with Crippen LogP contribution in [0.2, 0.25) is 0 Å². The molecule has 15 heavy (non-hydrogen) atoms. The number of hydrogen-bond donors (Lipinski definition) is 1. The predicted octanol–water partition coefficient (Wildman–Crippen LogP) is 3.34. The molecule has 90 valence electrons. The van der Waals surface area contributed by atoms with E-state index in [-0.39, 0.29) is 17.6 Å². The summed E-state index contributed by atoms with van der Waals surface area (Å²) in [6.45, 7) is 11.0. The SMILES string of the molecule is CCC(CC)NC(=O)OCCC(C)(C)C. The fourth-order valence-corrected chi connectivity index (χ4v) is 1.15. The van der Waals surface area contributed by atoms with Crippen LogP contribution in [0.1, 0.15) is 53.9 Å². The lowest BCUT2D eigenvalue weighted by Gasteiger charge is -2.19. The van der Waals surface area contributed by atoms with Crippen LogP contribution < -0.4 is 5.32 Å². The van der Waals surface area contributed by atoms with Crippen LogP contribution in [0.3, 0.4) is 0 Å². The van der Waals surface area contributed by atoms with Gasteiger partial charge in [-0.1, -0.05) is 34.6 Å². The average molecular weight is 215 g/mol. The van der Waals surface area contributed by atoms with Crippen LogP contribution in [0, 0.1) is 5.41 Å². The van der Waals surface area contributed by atoms with Gasteiger partial charge in [0.2, 0.25) is 0 Å². The summed E-state index contributed by atoms with van der Waals surface area (Å²) in [7, 11) is 0. The van der Waals surface area contributed by atoms with Crippen LogP contribution in [0.15, 0.2) is 0 Å². The smallest absolute Gasteiger partial charge is 0.407 e. The van der Waals surface area contributed by atoms with Gasteiger partial charge < -0.3 is 10.1 Å². The molecule has 0 rings (SSSR count). The Bertz CT molecular complexity index is 181. The van der Waals surface area contributed by atoms with Crippen LogP contribution in [0.4, 0.5) is 4.79 Å². The molecule has 1 N–H and O–H groups in total.